The number of carbonyl (C=O) groups excluding carboxylic acids is 2. The molecule has 0 amide bonds. The van der Waals surface area contributed by atoms with Crippen LogP contribution in [0.25, 0.3) is 0 Å². The van der Waals surface area contributed by atoms with Crippen LogP contribution in [-0.4, -0.2) is 23.1 Å². The Bertz CT molecular complexity index is 544. The SMILES string of the molecule is C=CCNC1=C(C)C(=O)c2ncccc2C1=O. The monoisotopic (exact) mass is 228 g/mol. The van der Waals surface area contributed by atoms with Crippen molar-refractivity contribution in [2.75, 3.05) is 6.54 Å². The standard InChI is InChI=1S/C13H12N2O2/c1-3-6-14-10-8(2)12(16)11-9(13(10)17)5-4-7-15-11/h3-5,7,14H,1,6H2,2H3. The maximum Gasteiger partial charge on any atom is 0.211 e. The molecule has 1 aromatic rings. The van der Waals surface area contributed by atoms with Crippen LogP contribution in [0.4, 0.5) is 0 Å². The van der Waals surface area contributed by atoms with E-state index in [1.165, 1.54) is 6.20 Å². The fourth-order valence-corrected chi connectivity index (χ4v) is 1.75. The number of aromatic nitrogens is 1. The summed E-state index contributed by atoms with van der Waals surface area (Å²) in [6, 6.07) is 3.26. The zero-order chi connectivity index (χ0) is 12.4. The highest BCUT2D eigenvalue weighted by Crippen LogP contribution is 2.22. The van der Waals surface area contributed by atoms with Gasteiger partial charge in [0.05, 0.1) is 11.3 Å². The number of carbonyl (C=O) groups is 2. The summed E-state index contributed by atoms with van der Waals surface area (Å²) in [6.45, 7) is 5.64. The van der Waals surface area contributed by atoms with E-state index in [9.17, 15) is 9.59 Å². The number of nitrogens with one attached hydrogen (secondary N) is 1. The van der Waals surface area contributed by atoms with Crippen LogP contribution >= 0.6 is 0 Å². The van der Waals surface area contributed by atoms with Crippen molar-refractivity contribution in [3.05, 3.63) is 53.5 Å². The third-order valence-electron chi connectivity index (χ3n) is 2.63. The van der Waals surface area contributed by atoms with Gasteiger partial charge in [0, 0.05) is 18.3 Å². The summed E-state index contributed by atoms with van der Waals surface area (Å²) in [5.41, 5.74) is 1.34. The van der Waals surface area contributed by atoms with Gasteiger partial charge in [0.15, 0.2) is 0 Å². The van der Waals surface area contributed by atoms with Crippen LogP contribution in [0, 0.1) is 0 Å². The van der Waals surface area contributed by atoms with Crippen LogP contribution in [0.2, 0.25) is 0 Å². The number of nitrogens with zero attached hydrogens (tertiary/aromatic N) is 1. The van der Waals surface area contributed by atoms with E-state index in [4.69, 9.17) is 0 Å². The first-order valence-electron chi connectivity index (χ1n) is 5.27. The number of ketones is 2. The lowest BCUT2D eigenvalue weighted by Gasteiger charge is -2.18. The van der Waals surface area contributed by atoms with Gasteiger partial charge in [-0.05, 0) is 19.1 Å². The molecule has 1 aromatic heterocycles. The van der Waals surface area contributed by atoms with Gasteiger partial charge in [-0.25, -0.2) is 0 Å². The van der Waals surface area contributed by atoms with E-state index in [2.05, 4.69) is 16.9 Å². The second-order valence-corrected chi connectivity index (χ2v) is 3.73. The van der Waals surface area contributed by atoms with Crippen LogP contribution in [0.1, 0.15) is 27.8 Å². The van der Waals surface area contributed by atoms with Gasteiger partial charge in [0.2, 0.25) is 11.6 Å². The van der Waals surface area contributed by atoms with Gasteiger partial charge in [-0.1, -0.05) is 6.08 Å². The molecule has 0 spiro atoms. The van der Waals surface area contributed by atoms with Crippen LogP contribution in [0.3, 0.4) is 0 Å². The molecule has 17 heavy (non-hydrogen) atoms. The molecule has 4 nitrogen and oxygen atoms in total. The highest BCUT2D eigenvalue weighted by molar-refractivity contribution is 6.25. The molecule has 1 aliphatic carbocycles. The Morgan fingerprint density at radius 1 is 1.41 bits per heavy atom. The summed E-state index contributed by atoms with van der Waals surface area (Å²) in [6.07, 6.45) is 3.15. The van der Waals surface area contributed by atoms with Crippen molar-refractivity contribution in [2.24, 2.45) is 0 Å². The molecule has 0 atom stereocenters. The number of hydrogen-bond donors (Lipinski definition) is 1. The number of allylic oxidation sites excluding steroid dienone is 2. The highest BCUT2D eigenvalue weighted by Gasteiger charge is 2.30. The highest BCUT2D eigenvalue weighted by atomic mass is 16.1. The molecule has 1 aliphatic rings. The minimum absolute atomic E-state index is 0.188. The molecule has 86 valence electrons. The number of fused-ring (bicyclic) bond motifs is 1. The topological polar surface area (TPSA) is 59.1 Å². The molecule has 0 saturated carbocycles. The van der Waals surface area contributed by atoms with E-state index < -0.39 is 0 Å². The zero-order valence-corrected chi connectivity index (χ0v) is 9.49. The fraction of sp³-hybridized carbons (Fsp3) is 0.154. The molecule has 0 aromatic carbocycles. The molecule has 1 heterocycles. The van der Waals surface area contributed by atoms with Crippen molar-refractivity contribution in [1.29, 1.82) is 0 Å². The summed E-state index contributed by atoms with van der Waals surface area (Å²) in [4.78, 5) is 28.1. The molecule has 0 radical (unpaired) electrons. The Hall–Kier alpha value is -2.23. The van der Waals surface area contributed by atoms with E-state index in [0.29, 0.717) is 23.4 Å². The quantitative estimate of drug-likeness (QED) is 0.797. The van der Waals surface area contributed by atoms with Crippen molar-refractivity contribution in [3.63, 3.8) is 0 Å². The third kappa shape index (κ3) is 1.78. The van der Waals surface area contributed by atoms with Gasteiger partial charge in [-0.3, -0.25) is 14.6 Å². The Kier molecular flexibility index (Phi) is 2.87. The van der Waals surface area contributed by atoms with Crippen molar-refractivity contribution >= 4 is 11.6 Å². The smallest absolute Gasteiger partial charge is 0.211 e. The maximum atomic E-state index is 12.1. The summed E-state index contributed by atoms with van der Waals surface area (Å²) in [5, 5.41) is 2.91. The van der Waals surface area contributed by atoms with Crippen LogP contribution in [0.5, 0.6) is 0 Å². The lowest BCUT2D eigenvalue weighted by molar-refractivity contribution is 0.0965. The molecule has 0 aliphatic heterocycles. The van der Waals surface area contributed by atoms with Gasteiger partial charge in [-0.2, -0.15) is 0 Å². The normalized spacial score (nSPS) is 14.6. The second kappa shape index (κ2) is 4.33. The second-order valence-electron chi connectivity index (χ2n) is 3.73. The molecular formula is C13H12N2O2. The van der Waals surface area contributed by atoms with Gasteiger partial charge in [0.25, 0.3) is 0 Å². The Balaban J connectivity index is 2.50. The summed E-state index contributed by atoms with van der Waals surface area (Å²) < 4.78 is 0. The van der Waals surface area contributed by atoms with Crippen LogP contribution in [0.15, 0.2) is 42.3 Å². The number of rotatable bonds is 3. The van der Waals surface area contributed by atoms with Gasteiger partial charge < -0.3 is 5.32 Å². The van der Waals surface area contributed by atoms with Crippen molar-refractivity contribution < 1.29 is 9.59 Å². The van der Waals surface area contributed by atoms with E-state index in [0.717, 1.165) is 0 Å². The molecule has 0 saturated heterocycles. The van der Waals surface area contributed by atoms with Crippen molar-refractivity contribution in [2.45, 2.75) is 6.92 Å². The number of Topliss-reactive ketones (excluding diaryl/α,β-unsaturated/α-hetero) is 2. The predicted octanol–water partition coefficient (Wildman–Crippen LogP) is 1.51. The maximum absolute atomic E-state index is 12.1. The molecule has 4 heteroatoms. The molecular weight excluding hydrogens is 216 g/mol. The van der Waals surface area contributed by atoms with Crippen molar-refractivity contribution in [1.82, 2.24) is 10.3 Å². The number of pyridine rings is 1. The minimum Gasteiger partial charge on any atom is -0.378 e. The van der Waals surface area contributed by atoms with Crippen LogP contribution < -0.4 is 5.32 Å². The van der Waals surface area contributed by atoms with Crippen molar-refractivity contribution in [3.8, 4) is 0 Å². The molecule has 1 N–H and O–H groups in total. The average Bonchev–Trinajstić information content (AvgIpc) is 2.36. The molecule has 0 bridgehead atoms. The first kappa shape index (κ1) is 11.3. The fourth-order valence-electron chi connectivity index (χ4n) is 1.75. The van der Waals surface area contributed by atoms with E-state index in [1.807, 2.05) is 0 Å². The summed E-state index contributed by atoms with van der Waals surface area (Å²) in [5.74, 6) is -0.390. The first-order valence-corrected chi connectivity index (χ1v) is 5.27. The Morgan fingerprint density at radius 2 is 2.18 bits per heavy atom. The lowest BCUT2D eigenvalue weighted by atomic mass is 9.91. The van der Waals surface area contributed by atoms with E-state index in [1.54, 1.807) is 25.1 Å². The first-order chi connectivity index (χ1) is 8.16. The minimum atomic E-state index is -0.202. The Labute approximate surface area is 99.1 Å². The van der Waals surface area contributed by atoms with Crippen LogP contribution in [-0.2, 0) is 0 Å². The third-order valence-corrected chi connectivity index (χ3v) is 2.63. The van der Waals surface area contributed by atoms with Gasteiger partial charge in [0.1, 0.15) is 5.69 Å². The largest absolute Gasteiger partial charge is 0.378 e. The van der Waals surface area contributed by atoms with Gasteiger partial charge in [-0.15, -0.1) is 6.58 Å². The lowest BCUT2D eigenvalue weighted by Crippen LogP contribution is -2.30. The predicted molar refractivity (Wildman–Crippen MR) is 63.8 cm³/mol. The molecule has 0 unspecified atom stereocenters. The zero-order valence-electron chi connectivity index (χ0n) is 9.49. The van der Waals surface area contributed by atoms with E-state index in [-0.39, 0.29) is 17.3 Å². The Morgan fingerprint density at radius 3 is 2.88 bits per heavy atom. The molecule has 2 rings (SSSR count). The summed E-state index contributed by atoms with van der Waals surface area (Å²) in [7, 11) is 0. The average molecular weight is 228 g/mol. The number of hydrogen-bond acceptors (Lipinski definition) is 4. The van der Waals surface area contributed by atoms with E-state index >= 15 is 0 Å². The summed E-state index contributed by atoms with van der Waals surface area (Å²) >= 11 is 0. The van der Waals surface area contributed by atoms with Gasteiger partial charge >= 0.3 is 0 Å². The molecule has 0 fully saturated rings.